The quantitative estimate of drug-likeness (QED) is 0.274. The molecule has 1 aliphatic rings. The molecule has 2 aromatic carbocycles. The van der Waals surface area contributed by atoms with E-state index in [4.69, 9.17) is 27.9 Å². The van der Waals surface area contributed by atoms with Crippen molar-refractivity contribution in [3.8, 4) is 0 Å². The average molecular weight is 507 g/mol. The summed E-state index contributed by atoms with van der Waals surface area (Å²) in [6, 6.07) is 8.20. The second-order valence-electron chi connectivity index (χ2n) is 6.97. The number of nitro groups is 1. The van der Waals surface area contributed by atoms with Crippen molar-refractivity contribution in [1.29, 1.82) is 0 Å². The molecule has 4 rings (SSSR count). The number of hydrogen-bond acceptors (Lipinski definition) is 10. The first-order chi connectivity index (χ1) is 16.4. The predicted octanol–water partition coefficient (Wildman–Crippen LogP) is 4.25. The number of halogens is 3. The van der Waals surface area contributed by atoms with E-state index >= 15 is 0 Å². The third-order valence-corrected chi connectivity index (χ3v) is 5.28. The van der Waals surface area contributed by atoms with Gasteiger partial charge < -0.3 is 15.0 Å². The molecule has 34 heavy (non-hydrogen) atoms. The molecule has 0 spiro atoms. The van der Waals surface area contributed by atoms with Crippen molar-refractivity contribution in [3.05, 3.63) is 67.9 Å². The highest BCUT2D eigenvalue weighted by molar-refractivity contribution is 6.37. The lowest BCUT2D eigenvalue weighted by Gasteiger charge is -2.27. The largest absolute Gasteiger partial charge is 0.378 e. The van der Waals surface area contributed by atoms with E-state index in [2.05, 4.69) is 30.8 Å². The van der Waals surface area contributed by atoms with Crippen LogP contribution in [0.5, 0.6) is 0 Å². The van der Waals surface area contributed by atoms with Crippen molar-refractivity contribution >= 4 is 58.6 Å². The zero-order valence-electron chi connectivity index (χ0n) is 17.4. The van der Waals surface area contributed by atoms with Crippen LogP contribution in [-0.4, -0.2) is 52.4 Å². The summed E-state index contributed by atoms with van der Waals surface area (Å²) >= 11 is 12.0. The van der Waals surface area contributed by atoms with E-state index < -0.39 is 4.92 Å². The van der Waals surface area contributed by atoms with Crippen LogP contribution in [0.15, 0.2) is 41.5 Å². The molecule has 1 aromatic heterocycles. The molecule has 0 atom stereocenters. The molecule has 176 valence electrons. The zero-order valence-corrected chi connectivity index (χ0v) is 18.9. The van der Waals surface area contributed by atoms with Crippen molar-refractivity contribution in [2.24, 2.45) is 5.10 Å². The van der Waals surface area contributed by atoms with Crippen LogP contribution in [0.25, 0.3) is 0 Å². The Kier molecular flexibility index (Phi) is 7.30. The fourth-order valence-corrected chi connectivity index (χ4v) is 3.49. The molecule has 11 nitrogen and oxygen atoms in total. The van der Waals surface area contributed by atoms with Crippen LogP contribution >= 0.6 is 23.2 Å². The van der Waals surface area contributed by atoms with Gasteiger partial charge in [0.15, 0.2) is 0 Å². The first-order valence-electron chi connectivity index (χ1n) is 9.93. The zero-order chi connectivity index (χ0) is 24.1. The van der Waals surface area contributed by atoms with Gasteiger partial charge in [-0.1, -0.05) is 23.2 Å². The summed E-state index contributed by atoms with van der Waals surface area (Å²) < 4.78 is 18.6. The van der Waals surface area contributed by atoms with E-state index in [9.17, 15) is 14.5 Å². The van der Waals surface area contributed by atoms with Crippen LogP contribution in [-0.2, 0) is 4.74 Å². The number of aromatic nitrogens is 3. The minimum atomic E-state index is -0.614. The van der Waals surface area contributed by atoms with Crippen LogP contribution in [0, 0.1) is 15.9 Å². The predicted molar refractivity (Wildman–Crippen MR) is 127 cm³/mol. The lowest BCUT2D eigenvalue weighted by Crippen LogP contribution is -2.37. The molecule has 2 N–H and O–H groups in total. The van der Waals surface area contributed by atoms with Gasteiger partial charge in [0.2, 0.25) is 17.8 Å². The normalized spacial score (nSPS) is 13.8. The second kappa shape index (κ2) is 10.5. The monoisotopic (exact) mass is 506 g/mol. The van der Waals surface area contributed by atoms with Crippen molar-refractivity contribution < 1.29 is 14.1 Å². The van der Waals surface area contributed by atoms with Gasteiger partial charge in [-0.25, -0.2) is 9.82 Å². The number of nitrogens with zero attached hydrogens (tertiary/aromatic N) is 6. The Morgan fingerprint density at radius 3 is 2.50 bits per heavy atom. The number of anilines is 4. The van der Waals surface area contributed by atoms with Gasteiger partial charge in [-0.15, -0.1) is 0 Å². The Hall–Kier alpha value is -3.61. The molecule has 1 aliphatic heterocycles. The van der Waals surface area contributed by atoms with E-state index in [1.54, 1.807) is 12.1 Å². The molecule has 2 heterocycles. The van der Waals surface area contributed by atoms with Gasteiger partial charge in [0, 0.05) is 30.4 Å². The molecule has 3 aromatic rings. The molecular weight excluding hydrogens is 490 g/mol. The molecule has 14 heteroatoms. The van der Waals surface area contributed by atoms with Crippen LogP contribution in [0.4, 0.5) is 33.6 Å². The maximum absolute atomic E-state index is 13.2. The summed E-state index contributed by atoms with van der Waals surface area (Å²) in [5.41, 5.74) is 3.24. The van der Waals surface area contributed by atoms with Gasteiger partial charge in [0.05, 0.1) is 29.4 Å². The van der Waals surface area contributed by atoms with Crippen LogP contribution < -0.4 is 15.6 Å². The maximum atomic E-state index is 13.2. The fourth-order valence-electron chi connectivity index (χ4n) is 2.99. The van der Waals surface area contributed by atoms with Gasteiger partial charge >= 0.3 is 0 Å². The van der Waals surface area contributed by atoms with Crippen molar-refractivity contribution in [2.75, 3.05) is 41.9 Å². The third-order valence-electron chi connectivity index (χ3n) is 4.65. The SMILES string of the molecule is O=[N+]([O-])c1cc(C=NNc2nc(Nc3ccc(F)cc3)nc(N3CCOCC3)n2)c(Cl)cc1Cl. The first kappa shape index (κ1) is 23.5. The van der Waals surface area contributed by atoms with E-state index in [1.165, 1.54) is 30.5 Å². The lowest BCUT2D eigenvalue weighted by atomic mass is 10.2. The molecule has 0 radical (unpaired) electrons. The van der Waals surface area contributed by atoms with E-state index in [0.717, 1.165) is 0 Å². The Morgan fingerprint density at radius 2 is 1.79 bits per heavy atom. The average Bonchev–Trinajstić information content (AvgIpc) is 2.82. The highest BCUT2D eigenvalue weighted by atomic mass is 35.5. The number of benzene rings is 2. The molecule has 1 saturated heterocycles. The molecule has 0 unspecified atom stereocenters. The highest BCUT2D eigenvalue weighted by Gasteiger charge is 2.17. The van der Waals surface area contributed by atoms with Gasteiger partial charge in [-0.3, -0.25) is 10.1 Å². The van der Waals surface area contributed by atoms with Crippen molar-refractivity contribution in [2.45, 2.75) is 0 Å². The Balaban J connectivity index is 1.59. The minimum Gasteiger partial charge on any atom is -0.378 e. The summed E-state index contributed by atoms with van der Waals surface area (Å²) in [5, 5.41) is 18.3. The summed E-state index contributed by atoms with van der Waals surface area (Å²) in [6.45, 7) is 2.24. The standard InChI is InChI=1S/C20H17Cl2FN8O3/c21-15-10-16(22)17(31(32)33)9-12(15)11-24-29-19-26-18(25-14-3-1-13(23)2-4-14)27-20(28-19)30-5-7-34-8-6-30/h1-4,9-11H,5-8H2,(H2,25,26,27,28,29). The van der Waals surface area contributed by atoms with Crippen LogP contribution in [0.2, 0.25) is 10.0 Å². The number of hydrazone groups is 1. The number of nitro benzene ring substituents is 1. The topological polar surface area (TPSA) is 131 Å². The number of morpholine rings is 1. The number of hydrogen-bond donors (Lipinski definition) is 2. The van der Waals surface area contributed by atoms with Gasteiger partial charge in [0.1, 0.15) is 10.8 Å². The van der Waals surface area contributed by atoms with E-state index in [0.29, 0.717) is 37.9 Å². The lowest BCUT2D eigenvalue weighted by molar-refractivity contribution is -0.384. The molecule has 1 fully saturated rings. The van der Waals surface area contributed by atoms with E-state index in [1.807, 2.05) is 4.90 Å². The molecule has 0 aliphatic carbocycles. The highest BCUT2D eigenvalue weighted by Crippen LogP contribution is 2.30. The molecule has 0 amide bonds. The maximum Gasteiger partial charge on any atom is 0.288 e. The summed E-state index contributed by atoms with van der Waals surface area (Å²) in [5.74, 6) is 0.340. The minimum absolute atomic E-state index is 0.0794. The second-order valence-corrected chi connectivity index (χ2v) is 7.78. The van der Waals surface area contributed by atoms with E-state index in [-0.39, 0.29) is 39.0 Å². The number of nitrogens with one attached hydrogen (secondary N) is 2. The summed E-state index contributed by atoms with van der Waals surface area (Å²) in [4.78, 5) is 25.5. The smallest absolute Gasteiger partial charge is 0.288 e. The van der Waals surface area contributed by atoms with Crippen molar-refractivity contribution in [1.82, 2.24) is 15.0 Å². The fraction of sp³-hybridized carbons (Fsp3) is 0.200. The first-order valence-corrected chi connectivity index (χ1v) is 10.7. The van der Waals surface area contributed by atoms with Crippen LogP contribution in [0.1, 0.15) is 5.56 Å². The van der Waals surface area contributed by atoms with Crippen LogP contribution in [0.3, 0.4) is 0 Å². The molecular formula is C20H17Cl2FN8O3. The Labute approximate surface area is 202 Å². The number of rotatable bonds is 7. The summed E-state index contributed by atoms with van der Waals surface area (Å²) in [6.07, 6.45) is 1.29. The third kappa shape index (κ3) is 5.84. The van der Waals surface area contributed by atoms with Gasteiger partial charge in [-0.05, 0) is 30.3 Å². The van der Waals surface area contributed by atoms with Gasteiger partial charge in [0.25, 0.3) is 5.69 Å². The molecule has 0 saturated carbocycles. The Morgan fingerprint density at radius 1 is 1.09 bits per heavy atom. The van der Waals surface area contributed by atoms with Crippen molar-refractivity contribution in [3.63, 3.8) is 0 Å². The Bertz CT molecular complexity index is 1220. The molecule has 0 bridgehead atoms. The number of ether oxygens (including phenoxy) is 1. The van der Waals surface area contributed by atoms with Gasteiger partial charge in [-0.2, -0.15) is 20.1 Å². The summed E-state index contributed by atoms with van der Waals surface area (Å²) in [7, 11) is 0.